The maximum atomic E-state index is 10.9. The fourth-order valence-electron chi connectivity index (χ4n) is 0.950. The van der Waals surface area contributed by atoms with E-state index in [1.54, 1.807) is 18.0 Å². The summed E-state index contributed by atoms with van der Waals surface area (Å²) < 4.78 is 2.34. The highest BCUT2D eigenvalue weighted by atomic mass is 32.2. The molecule has 0 unspecified atom stereocenters. The largest absolute Gasteiger partial charge is 0.324 e. The molecule has 0 amide bonds. The Morgan fingerprint density at radius 3 is 3.14 bits per heavy atom. The number of rotatable bonds is 5. The number of aromatic amines is 1. The van der Waals surface area contributed by atoms with Crippen LogP contribution >= 0.6 is 24.0 Å². The molecule has 1 aromatic heterocycles. The zero-order valence-electron chi connectivity index (χ0n) is 7.73. The van der Waals surface area contributed by atoms with Crippen molar-refractivity contribution in [3.63, 3.8) is 0 Å². The van der Waals surface area contributed by atoms with Crippen molar-refractivity contribution in [1.29, 1.82) is 0 Å². The molecule has 0 radical (unpaired) electrons. The maximum absolute atomic E-state index is 10.9. The standard InChI is InChI=1S/C9H12N2OS2/c1-2-6-14-7-5-11-4-3-8(12)10-9(11)13/h2-4H,1,5-7H2,(H,10,12,13). The van der Waals surface area contributed by atoms with Gasteiger partial charge in [0, 0.05) is 30.3 Å². The molecule has 0 atom stereocenters. The van der Waals surface area contributed by atoms with Gasteiger partial charge < -0.3 is 4.57 Å². The minimum atomic E-state index is -0.148. The molecule has 0 aliphatic carbocycles. The lowest BCUT2D eigenvalue weighted by atomic mass is 10.6. The summed E-state index contributed by atoms with van der Waals surface area (Å²) in [6.07, 6.45) is 3.59. The SMILES string of the molecule is C=CCSCCn1ccc(=O)[nH]c1=S. The van der Waals surface area contributed by atoms with Gasteiger partial charge in [0.25, 0.3) is 5.56 Å². The van der Waals surface area contributed by atoms with Crippen molar-refractivity contribution >= 4 is 24.0 Å². The van der Waals surface area contributed by atoms with E-state index >= 15 is 0 Å². The van der Waals surface area contributed by atoms with Gasteiger partial charge in [-0.05, 0) is 12.2 Å². The molecule has 0 bridgehead atoms. The third kappa shape index (κ3) is 3.51. The summed E-state index contributed by atoms with van der Waals surface area (Å²) in [7, 11) is 0. The van der Waals surface area contributed by atoms with Crippen LogP contribution in [0.4, 0.5) is 0 Å². The van der Waals surface area contributed by atoms with Gasteiger partial charge in [-0.25, -0.2) is 0 Å². The van der Waals surface area contributed by atoms with E-state index in [4.69, 9.17) is 12.2 Å². The Bertz CT molecular complexity index is 408. The van der Waals surface area contributed by atoms with Crippen LogP contribution in [-0.4, -0.2) is 21.1 Å². The first-order valence-corrected chi connectivity index (χ1v) is 5.79. The Hall–Kier alpha value is -0.810. The molecule has 0 fully saturated rings. The topological polar surface area (TPSA) is 37.8 Å². The number of thioether (sulfide) groups is 1. The van der Waals surface area contributed by atoms with Gasteiger partial charge >= 0.3 is 0 Å². The van der Waals surface area contributed by atoms with Gasteiger partial charge in [-0.3, -0.25) is 9.78 Å². The number of H-pyrrole nitrogens is 1. The second-order valence-electron chi connectivity index (χ2n) is 2.67. The van der Waals surface area contributed by atoms with E-state index in [1.807, 2.05) is 10.6 Å². The summed E-state index contributed by atoms with van der Waals surface area (Å²) in [5.74, 6) is 1.91. The van der Waals surface area contributed by atoms with Gasteiger partial charge in [-0.2, -0.15) is 11.8 Å². The Balaban J connectivity index is 2.55. The smallest absolute Gasteiger partial charge is 0.251 e. The zero-order chi connectivity index (χ0) is 10.4. The van der Waals surface area contributed by atoms with Crippen molar-refractivity contribution in [3.8, 4) is 0 Å². The van der Waals surface area contributed by atoms with Gasteiger partial charge in [0.05, 0.1) is 0 Å². The minimum absolute atomic E-state index is 0.148. The number of aryl methyl sites for hydroxylation is 1. The van der Waals surface area contributed by atoms with Gasteiger partial charge in [-0.15, -0.1) is 6.58 Å². The van der Waals surface area contributed by atoms with E-state index in [9.17, 15) is 4.79 Å². The van der Waals surface area contributed by atoms with Gasteiger partial charge in [0.1, 0.15) is 0 Å². The number of hydrogen-bond acceptors (Lipinski definition) is 3. The van der Waals surface area contributed by atoms with E-state index < -0.39 is 0 Å². The summed E-state index contributed by atoms with van der Waals surface area (Å²) in [5.41, 5.74) is -0.148. The molecule has 1 rings (SSSR count). The van der Waals surface area contributed by atoms with E-state index in [-0.39, 0.29) is 5.56 Å². The molecular formula is C9H12N2OS2. The van der Waals surface area contributed by atoms with Crippen LogP contribution in [0.2, 0.25) is 0 Å². The van der Waals surface area contributed by atoms with Gasteiger partial charge in [-0.1, -0.05) is 6.08 Å². The van der Waals surface area contributed by atoms with Crippen LogP contribution in [0.1, 0.15) is 0 Å². The zero-order valence-corrected chi connectivity index (χ0v) is 9.37. The second-order valence-corrected chi connectivity index (χ2v) is 4.20. The molecule has 0 saturated carbocycles. The normalized spacial score (nSPS) is 10.0. The maximum Gasteiger partial charge on any atom is 0.251 e. The molecule has 0 spiro atoms. The lowest BCUT2D eigenvalue weighted by Gasteiger charge is -2.04. The Morgan fingerprint density at radius 2 is 2.50 bits per heavy atom. The molecule has 3 nitrogen and oxygen atoms in total. The first kappa shape index (κ1) is 11.3. The average Bonchev–Trinajstić information content (AvgIpc) is 2.15. The Kier molecular flexibility index (Phi) is 4.69. The van der Waals surface area contributed by atoms with Gasteiger partial charge in [0.15, 0.2) is 4.77 Å². The molecule has 5 heteroatoms. The molecule has 0 aliphatic rings. The van der Waals surface area contributed by atoms with Crippen LogP contribution in [0.25, 0.3) is 0 Å². The van der Waals surface area contributed by atoms with Crippen molar-refractivity contribution in [2.45, 2.75) is 6.54 Å². The third-order valence-corrected chi connectivity index (χ3v) is 2.89. The van der Waals surface area contributed by atoms with Gasteiger partial charge in [0.2, 0.25) is 0 Å². The first-order chi connectivity index (χ1) is 6.74. The van der Waals surface area contributed by atoms with E-state index in [1.165, 1.54) is 6.07 Å². The molecule has 1 heterocycles. The van der Waals surface area contributed by atoms with Crippen LogP contribution in [-0.2, 0) is 6.54 Å². The highest BCUT2D eigenvalue weighted by Gasteiger charge is 1.92. The van der Waals surface area contributed by atoms with Crippen LogP contribution in [0.15, 0.2) is 29.7 Å². The highest BCUT2D eigenvalue weighted by Crippen LogP contribution is 2.00. The number of nitrogens with one attached hydrogen (secondary N) is 1. The molecule has 0 aliphatic heterocycles. The van der Waals surface area contributed by atoms with Crippen molar-refractivity contribution in [2.75, 3.05) is 11.5 Å². The van der Waals surface area contributed by atoms with Crippen LogP contribution in [0.3, 0.4) is 0 Å². The lowest BCUT2D eigenvalue weighted by molar-refractivity contribution is 0.723. The number of hydrogen-bond donors (Lipinski definition) is 1. The van der Waals surface area contributed by atoms with E-state index in [2.05, 4.69) is 11.6 Å². The number of nitrogens with zero attached hydrogens (tertiary/aromatic N) is 1. The average molecular weight is 228 g/mol. The summed E-state index contributed by atoms with van der Waals surface area (Å²) in [6.45, 7) is 4.45. The fraction of sp³-hybridized carbons (Fsp3) is 0.333. The highest BCUT2D eigenvalue weighted by molar-refractivity contribution is 7.99. The molecule has 1 N–H and O–H groups in total. The minimum Gasteiger partial charge on any atom is -0.324 e. The molecule has 0 aromatic carbocycles. The molecular weight excluding hydrogens is 216 g/mol. The monoisotopic (exact) mass is 228 g/mol. The predicted molar refractivity (Wildman–Crippen MR) is 63.4 cm³/mol. The van der Waals surface area contributed by atoms with Crippen molar-refractivity contribution in [2.24, 2.45) is 0 Å². The van der Waals surface area contributed by atoms with Crippen molar-refractivity contribution in [1.82, 2.24) is 9.55 Å². The summed E-state index contributed by atoms with van der Waals surface area (Å²) >= 11 is 6.78. The van der Waals surface area contributed by atoms with E-state index in [0.717, 1.165) is 18.1 Å². The molecule has 1 aromatic rings. The molecule has 0 saturated heterocycles. The summed E-state index contributed by atoms with van der Waals surface area (Å²) in [5, 5.41) is 0. The predicted octanol–water partition coefficient (Wildman–Crippen LogP) is 1.83. The van der Waals surface area contributed by atoms with Crippen molar-refractivity contribution in [3.05, 3.63) is 40.0 Å². The third-order valence-electron chi connectivity index (χ3n) is 1.61. The molecule has 76 valence electrons. The van der Waals surface area contributed by atoms with E-state index in [0.29, 0.717) is 4.77 Å². The number of aromatic nitrogens is 2. The summed E-state index contributed by atoms with van der Waals surface area (Å²) in [6, 6.07) is 1.48. The first-order valence-electron chi connectivity index (χ1n) is 4.22. The van der Waals surface area contributed by atoms with Crippen LogP contribution < -0.4 is 5.56 Å². The quantitative estimate of drug-likeness (QED) is 0.474. The van der Waals surface area contributed by atoms with Crippen molar-refractivity contribution < 1.29 is 0 Å². The Morgan fingerprint density at radius 1 is 1.71 bits per heavy atom. The Labute approximate surface area is 91.9 Å². The molecule has 14 heavy (non-hydrogen) atoms. The second kappa shape index (κ2) is 5.82. The van der Waals surface area contributed by atoms with Crippen LogP contribution in [0, 0.1) is 4.77 Å². The lowest BCUT2D eigenvalue weighted by Crippen LogP contribution is -2.12. The van der Waals surface area contributed by atoms with Crippen LogP contribution in [0.5, 0.6) is 0 Å². The summed E-state index contributed by atoms with van der Waals surface area (Å²) in [4.78, 5) is 13.4. The fourth-order valence-corrected chi connectivity index (χ4v) is 1.86.